The van der Waals surface area contributed by atoms with Crippen LogP contribution in [0.2, 0.25) is 0 Å². The van der Waals surface area contributed by atoms with Crippen LogP contribution in [0.1, 0.15) is 30.9 Å². The van der Waals surface area contributed by atoms with Crippen molar-refractivity contribution in [3.8, 4) is 5.75 Å². The molecule has 2 aliphatic rings. The summed E-state index contributed by atoms with van der Waals surface area (Å²) in [6.07, 6.45) is 2.74. The topological polar surface area (TPSA) is 50.4 Å². The lowest BCUT2D eigenvalue weighted by Crippen LogP contribution is -2.40. The van der Waals surface area contributed by atoms with Gasteiger partial charge in [-0.05, 0) is 32.0 Å². The highest BCUT2D eigenvalue weighted by Crippen LogP contribution is 2.31. The van der Waals surface area contributed by atoms with Crippen LogP contribution in [0.15, 0.2) is 24.3 Å². The monoisotopic (exact) mass is 296 g/mol. The van der Waals surface area contributed by atoms with E-state index < -0.39 is 0 Å². The van der Waals surface area contributed by atoms with Crippen molar-refractivity contribution in [1.82, 2.24) is 10.6 Å². The molecule has 0 aromatic heterocycles. The molecule has 5 heteroatoms. The van der Waals surface area contributed by atoms with Crippen LogP contribution in [0.3, 0.4) is 0 Å². The summed E-state index contributed by atoms with van der Waals surface area (Å²) in [7, 11) is 0. The Balaban J connectivity index is 0.00000147. The van der Waals surface area contributed by atoms with Crippen molar-refractivity contribution in [2.24, 2.45) is 5.92 Å². The first-order valence-corrected chi connectivity index (χ1v) is 7.07. The van der Waals surface area contributed by atoms with Gasteiger partial charge in [-0.2, -0.15) is 0 Å². The van der Waals surface area contributed by atoms with Crippen molar-refractivity contribution in [2.75, 3.05) is 19.7 Å². The predicted molar refractivity (Wildman–Crippen MR) is 80.3 cm³/mol. The zero-order chi connectivity index (χ0) is 13.1. The van der Waals surface area contributed by atoms with Crippen molar-refractivity contribution in [1.29, 1.82) is 0 Å². The summed E-state index contributed by atoms with van der Waals surface area (Å²) in [5, 5.41) is 6.49. The molecule has 1 fully saturated rings. The van der Waals surface area contributed by atoms with Crippen LogP contribution in [0, 0.1) is 5.92 Å². The molecule has 1 amide bonds. The van der Waals surface area contributed by atoms with Crippen LogP contribution >= 0.6 is 12.4 Å². The fraction of sp³-hybridized carbons (Fsp3) is 0.533. The zero-order valence-corrected chi connectivity index (χ0v) is 12.2. The molecule has 0 aliphatic carbocycles. The smallest absolute Gasteiger partial charge is 0.223 e. The fourth-order valence-electron chi connectivity index (χ4n) is 2.87. The Morgan fingerprint density at radius 2 is 1.95 bits per heavy atom. The van der Waals surface area contributed by atoms with E-state index in [0.717, 1.165) is 43.7 Å². The molecule has 0 radical (unpaired) electrons. The lowest BCUT2D eigenvalue weighted by molar-refractivity contribution is -0.126. The first kappa shape index (κ1) is 15.1. The first-order chi connectivity index (χ1) is 9.34. The van der Waals surface area contributed by atoms with E-state index in [-0.39, 0.29) is 30.3 Å². The molecule has 2 heterocycles. The van der Waals surface area contributed by atoms with Gasteiger partial charge in [0.05, 0.1) is 12.6 Å². The van der Waals surface area contributed by atoms with Gasteiger partial charge in [-0.25, -0.2) is 0 Å². The summed E-state index contributed by atoms with van der Waals surface area (Å²) < 4.78 is 5.62. The third-order valence-electron chi connectivity index (χ3n) is 3.98. The average molecular weight is 297 g/mol. The molecule has 1 aromatic carbocycles. The summed E-state index contributed by atoms with van der Waals surface area (Å²) in [5.41, 5.74) is 1.11. The molecular weight excluding hydrogens is 276 g/mol. The number of fused-ring (bicyclic) bond motifs is 1. The van der Waals surface area contributed by atoms with Gasteiger partial charge in [0.15, 0.2) is 0 Å². The van der Waals surface area contributed by atoms with Gasteiger partial charge in [-0.1, -0.05) is 18.2 Å². The van der Waals surface area contributed by atoms with Gasteiger partial charge in [0.1, 0.15) is 5.75 Å². The van der Waals surface area contributed by atoms with Crippen molar-refractivity contribution in [3.63, 3.8) is 0 Å². The molecule has 0 saturated carbocycles. The van der Waals surface area contributed by atoms with E-state index in [4.69, 9.17) is 4.74 Å². The van der Waals surface area contributed by atoms with Crippen LogP contribution in [0.25, 0.3) is 0 Å². The highest BCUT2D eigenvalue weighted by atomic mass is 35.5. The number of halogens is 1. The number of hydrogen-bond acceptors (Lipinski definition) is 3. The normalized spacial score (nSPS) is 22.1. The Morgan fingerprint density at radius 1 is 1.20 bits per heavy atom. The molecule has 1 unspecified atom stereocenters. The molecule has 20 heavy (non-hydrogen) atoms. The van der Waals surface area contributed by atoms with Crippen molar-refractivity contribution < 1.29 is 9.53 Å². The number of rotatable bonds is 2. The first-order valence-electron chi connectivity index (χ1n) is 7.07. The molecular formula is C15H21ClN2O2. The molecule has 3 rings (SSSR count). The maximum atomic E-state index is 12.3. The number of amides is 1. The molecule has 0 spiro atoms. The van der Waals surface area contributed by atoms with Crippen LogP contribution < -0.4 is 15.4 Å². The third-order valence-corrected chi connectivity index (χ3v) is 3.98. The Bertz CT molecular complexity index is 461. The van der Waals surface area contributed by atoms with Gasteiger partial charge < -0.3 is 15.4 Å². The van der Waals surface area contributed by atoms with E-state index in [2.05, 4.69) is 10.6 Å². The number of hydrogen-bond donors (Lipinski definition) is 2. The quantitative estimate of drug-likeness (QED) is 0.878. The summed E-state index contributed by atoms with van der Waals surface area (Å²) in [5.74, 6) is 1.27. The average Bonchev–Trinajstić information content (AvgIpc) is 2.48. The Kier molecular flexibility index (Phi) is 5.26. The summed E-state index contributed by atoms with van der Waals surface area (Å²) >= 11 is 0. The van der Waals surface area contributed by atoms with Crippen molar-refractivity contribution >= 4 is 18.3 Å². The van der Waals surface area contributed by atoms with E-state index in [9.17, 15) is 4.79 Å². The minimum atomic E-state index is 0. The number of ether oxygens (including phenoxy) is 1. The Labute approximate surface area is 125 Å². The number of carbonyl (C=O) groups is 1. The Morgan fingerprint density at radius 3 is 2.75 bits per heavy atom. The number of carbonyl (C=O) groups excluding carboxylic acids is 1. The largest absolute Gasteiger partial charge is 0.493 e. The predicted octanol–water partition coefficient (Wildman–Crippen LogP) is 2.05. The van der Waals surface area contributed by atoms with Crippen LogP contribution in [-0.2, 0) is 4.79 Å². The van der Waals surface area contributed by atoms with Crippen molar-refractivity contribution in [2.45, 2.75) is 25.3 Å². The van der Waals surface area contributed by atoms with Crippen LogP contribution in [0.5, 0.6) is 5.75 Å². The van der Waals surface area contributed by atoms with Crippen LogP contribution in [0.4, 0.5) is 0 Å². The molecule has 4 nitrogen and oxygen atoms in total. The van der Waals surface area contributed by atoms with Crippen LogP contribution in [-0.4, -0.2) is 25.6 Å². The van der Waals surface area contributed by atoms with E-state index in [1.807, 2.05) is 24.3 Å². The molecule has 0 bridgehead atoms. The molecule has 2 N–H and O–H groups in total. The maximum Gasteiger partial charge on any atom is 0.223 e. The molecule has 1 saturated heterocycles. The van der Waals surface area contributed by atoms with E-state index in [0.29, 0.717) is 6.61 Å². The minimum Gasteiger partial charge on any atom is -0.493 e. The molecule has 1 aromatic rings. The number of benzene rings is 1. The van der Waals surface area contributed by atoms with E-state index in [1.54, 1.807) is 0 Å². The maximum absolute atomic E-state index is 12.3. The second-order valence-corrected chi connectivity index (χ2v) is 5.26. The summed E-state index contributed by atoms with van der Waals surface area (Å²) in [6, 6.07) is 8.08. The summed E-state index contributed by atoms with van der Waals surface area (Å²) in [6.45, 7) is 2.57. The number of piperidine rings is 1. The SMILES string of the molecule is Cl.O=C(NC1CCOc2ccccc21)C1CCNCC1. The molecule has 110 valence electrons. The molecule has 1 atom stereocenters. The van der Waals surface area contributed by atoms with E-state index in [1.165, 1.54) is 0 Å². The number of para-hydroxylation sites is 1. The van der Waals surface area contributed by atoms with Gasteiger partial charge in [-0.15, -0.1) is 12.4 Å². The van der Waals surface area contributed by atoms with Gasteiger partial charge in [-0.3, -0.25) is 4.79 Å². The molecule has 2 aliphatic heterocycles. The number of nitrogens with one attached hydrogen (secondary N) is 2. The van der Waals surface area contributed by atoms with Gasteiger partial charge >= 0.3 is 0 Å². The lowest BCUT2D eigenvalue weighted by Gasteiger charge is -2.29. The zero-order valence-electron chi connectivity index (χ0n) is 11.4. The third kappa shape index (κ3) is 3.25. The summed E-state index contributed by atoms with van der Waals surface area (Å²) in [4.78, 5) is 12.3. The van der Waals surface area contributed by atoms with Crippen molar-refractivity contribution in [3.05, 3.63) is 29.8 Å². The van der Waals surface area contributed by atoms with Gasteiger partial charge in [0, 0.05) is 17.9 Å². The second kappa shape index (κ2) is 6.95. The fourth-order valence-corrected chi connectivity index (χ4v) is 2.87. The van der Waals surface area contributed by atoms with Gasteiger partial charge in [0.2, 0.25) is 5.91 Å². The standard InChI is InChI=1S/C15H20N2O2.ClH/c18-15(11-5-8-16-9-6-11)17-13-7-10-19-14-4-2-1-3-12(13)14;/h1-4,11,13,16H,5-10H2,(H,17,18);1H. The van der Waals surface area contributed by atoms with E-state index >= 15 is 0 Å². The van der Waals surface area contributed by atoms with Gasteiger partial charge in [0.25, 0.3) is 0 Å². The Hall–Kier alpha value is -1.26. The second-order valence-electron chi connectivity index (χ2n) is 5.26. The highest BCUT2D eigenvalue weighted by molar-refractivity contribution is 5.85. The highest BCUT2D eigenvalue weighted by Gasteiger charge is 2.26. The lowest BCUT2D eigenvalue weighted by atomic mass is 9.95. The minimum absolute atomic E-state index is 0.